The van der Waals surface area contributed by atoms with Gasteiger partial charge in [-0.15, -0.1) is 0 Å². The van der Waals surface area contributed by atoms with Crippen molar-refractivity contribution in [1.29, 1.82) is 0 Å². The Bertz CT molecular complexity index is 810. The topological polar surface area (TPSA) is 58.6 Å². The van der Waals surface area contributed by atoms with Gasteiger partial charge in [-0.3, -0.25) is 9.59 Å². The number of carbonyl (C=O) groups excluding carboxylic acids is 2. The zero-order valence-electron chi connectivity index (χ0n) is 14.2. The average Bonchev–Trinajstić information content (AvgIpc) is 2.57. The van der Waals surface area contributed by atoms with Crippen molar-refractivity contribution in [2.24, 2.45) is 0 Å². The molecule has 2 amide bonds. The first-order chi connectivity index (χ1) is 12.3. The number of anilines is 2. The van der Waals surface area contributed by atoms with Crippen LogP contribution in [0.4, 0.5) is 20.2 Å². The molecule has 1 N–H and O–H groups in total. The van der Waals surface area contributed by atoms with E-state index in [0.29, 0.717) is 16.5 Å². The van der Waals surface area contributed by atoms with Gasteiger partial charge in [-0.05, 0) is 30.3 Å². The van der Waals surface area contributed by atoms with E-state index in [4.69, 9.17) is 16.3 Å². The molecule has 0 aliphatic rings. The number of carbonyl (C=O) groups is 2. The molecule has 0 unspecified atom stereocenters. The van der Waals surface area contributed by atoms with Gasteiger partial charge in [-0.25, -0.2) is 8.78 Å². The molecule has 8 heteroatoms. The van der Waals surface area contributed by atoms with Crippen molar-refractivity contribution in [2.45, 2.75) is 13.3 Å². The summed E-state index contributed by atoms with van der Waals surface area (Å²) >= 11 is 5.98. The van der Waals surface area contributed by atoms with Gasteiger partial charge in [-0.2, -0.15) is 0 Å². The smallest absolute Gasteiger partial charge is 0.226 e. The van der Waals surface area contributed by atoms with Crippen LogP contribution in [0.2, 0.25) is 5.02 Å². The molecular weight excluding hydrogens is 366 g/mol. The number of rotatable bonds is 6. The molecule has 0 radical (unpaired) electrons. The molecule has 2 aromatic carbocycles. The van der Waals surface area contributed by atoms with Crippen molar-refractivity contribution in [2.75, 3.05) is 23.9 Å². The fourth-order valence-electron chi connectivity index (χ4n) is 2.35. The predicted molar refractivity (Wildman–Crippen MR) is 95.6 cm³/mol. The Hall–Kier alpha value is -2.67. The molecule has 0 bridgehead atoms. The molecule has 0 heterocycles. The Kier molecular flexibility index (Phi) is 6.52. The van der Waals surface area contributed by atoms with Crippen LogP contribution in [0, 0.1) is 11.6 Å². The normalized spacial score (nSPS) is 10.3. The van der Waals surface area contributed by atoms with Crippen LogP contribution in [-0.4, -0.2) is 25.5 Å². The van der Waals surface area contributed by atoms with Crippen LogP contribution in [0.25, 0.3) is 0 Å². The largest absolute Gasteiger partial charge is 0.495 e. The third-order valence-electron chi connectivity index (χ3n) is 3.59. The summed E-state index contributed by atoms with van der Waals surface area (Å²) in [5, 5.41) is 2.93. The fraction of sp³-hybridized carbons (Fsp3) is 0.222. The average molecular weight is 383 g/mol. The first-order valence-electron chi connectivity index (χ1n) is 7.69. The first-order valence-corrected chi connectivity index (χ1v) is 8.06. The van der Waals surface area contributed by atoms with Gasteiger partial charge in [-0.1, -0.05) is 17.7 Å². The van der Waals surface area contributed by atoms with Gasteiger partial charge in [0.1, 0.15) is 23.1 Å². The maximum Gasteiger partial charge on any atom is 0.226 e. The number of hydrogen-bond donors (Lipinski definition) is 1. The van der Waals surface area contributed by atoms with Crippen LogP contribution in [0.3, 0.4) is 0 Å². The Labute approximate surface area is 154 Å². The molecule has 0 aromatic heterocycles. The van der Waals surface area contributed by atoms with Gasteiger partial charge in [0.2, 0.25) is 11.8 Å². The van der Waals surface area contributed by atoms with Crippen molar-refractivity contribution in [1.82, 2.24) is 0 Å². The SMILES string of the molecule is COc1ccc(NC(=O)CCN(C(C)=O)c2c(F)cccc2F)cc1Cl. The highest BCUT2D eigenvalue weighted by Gasteiger charge is 2.21. The molecule has 26 heavy (non-hydrogen) atoms. The lowest BCUT2D eigenvalue weighted by Crippen LogP contribution is -2.33. The van der Waals surface area contributed by atoms with Gasteiger partial charge < -0.3 is 15.0 Å². The first kappa shape index (κ1) is 19.7. The highest BCUT2D eigenvalue weighted by molar-refractivity contribution is 6.32. The number of amides is 2. The summed E-state index contributed by atoms with van der Waals surface area (Å²) in [4.78, 5) is 24.8. The Morgan fingerprint density at radius 1 is 1.19 bits per heavy atom. The summed E-state index contributed by atoms with van der Waals surface area (Å²) in [5.41, 5.74) is -0.0347. The summed E-state index contributed by atoms with van der Waals surface area (Å²) in [6.07, 6.45) is -0.156. The van der Waals surface area contributed by atoms with E-state index in [9.17, 15) is 18.4 Å². The predicted octanol–water partition coefficient (Wildman–Crippen LogP) is 4.01. The molecule has 0 saturated heterocycles. The lowest BCUT2D eigenvalue weighted by Gasteiger charge is -2.22. The van der Waals surface area contributed by atoms with E-state index in [2.05, 4.69) is 5.32 Å². The highest BCUT2D eigenvalue weighted by Crippen LogP contribution is 2.27. The maximum atomic E-state index is 13.9. The van der Waals surface area contributed by atoms with Crippen molar-refractivity contribution in [3.63, 3.8) is 0 Å². The number of methoxy groups -OCH3 is 1. The van der Waals surface area contributed by atoms with Crippen molar-refractivity contribution >= 4 is 34.8 Å². The molecule has 0 spiro atoms. The van der Waals surface area contributed by atoms with Gasteiger partial charge in [0.15, 0.2) is 0 Å². The third kappa shape index (κ3) is 4.70. The maximum absolute atomic E-state index is 13.9. The van der Waals surface area contributed by atoms with Crippen LogP contribution < -0.4 is 15.0 Å². The minimum atomic E-state index is -0.873. The molecular formula is C18H17ClF2N2O3. The zero-order chi connectivity index (χ0) is 19.3. The summed E-state index contributed by atoms with van der Waals surface area (Å²) < 4.78 is 32.8. The number of benzene rings is 2. The molecule has 5 nitrogen and oxygen atoms in total. The van der Waals surface area contributed by atoms with Crippen LogP contribution in [-0.2, 0) is 9.59 Å². The third-order valence-corrected chi connectivity index (χ3v) is 3.88. The van der Waals surface area contributed by atoms with Gasteiger partial charge in [0.05, 0.1) is 12.1 Å². The van der Waals surface area contributed by atoms with E-state index in [1.807, 2.05) is 0 Å². The number of nitrogens with one attached hydrogen (secondary N) is 1. The van der Waals surface area contributed by atoms with Gasteiger partial charge in [0, 0.05) is 25.6 Å². The molecule has 2 rings (SSSR count). The number of para-hydroxylation sites is 1. The van der Waals surface area contributed by atoms with Crippen LogP contribution in [0.5, 0.6) is 5.75 Å². The Balaban J connectivity index is 2.06. The molecule has 138 valence electrons. The summed E-state index contributed by atoms with van der Waals surface area (Å²) in [7, 11) is 1.47. The number of nitrogens with zero attached hydrogens (tertiary/aromatic N) is 1. The van der Waals surface area contributed by atoms with Crippen molar-refractivity contribution < 1.29 is 23.1 Å². The summed E-state index contributed by atoms with van der Waals surface area (Å²) in [6, 6.07) is 8.00. The second-order valence-electron chi connectivity index (χ2n) is 5.39. The van der Waals surface area contributed by atoms with Gasteiger partial charge in [0.25, 0.3) is 0 Å². The fourth-order valence-corrected chi connectivity index (χ4v) is 2.61. The second-order valence-corrected chi connectivity index (χ2v) is 5.80. The standard InChI is InChI=1S/C18H17ClF2N2O3/c1-11(24)23(18-14(20)4-3-5-15(18)21)9-8-17(25)22-12-6-7-16(26-2)13(19)10-12/h3-7,10H,8-9H2,1-2H3,(H,22,25). The Morgan fingerprint density at radius 3 is 2.38 bits per heavy atom. The van der Waals surface area contributed by atoms with E-state index >= 15 is 0 Å². The van der Waals surface area contributed by atoms with Crippen LogP contribution >= 0.6 is 11.6 Å². The van der Waals surface area contributed by atoms with E-state index in [-0.39, 0.29) is 13.0 Å². The monoisotopic (exact) mass is 382 g/mol. The quantitative estimate of drug-likeness (QED) is 0.821. The summed E-state index contributed by atoms with van der Waals surface area (Å²) in [5.74, 6) is -2.30. The molecule has 0 saturated carbocycles. The molecule has 2 aromatic rings. The Morgan fingerprint density at radius 2 is 1.85 bits per heavy atom. The van der Waals surface area contributed by atoms with Gasteiger partial charge >= 0.3 is 0 Å². The lowest BCUT2D eigenvalue weighted by molar-refractivity contribution is -0.117. The molecule has 0 aliphatic heterocycles. The van der Waals surface area contributed by atoms with Crippen molar-refractivity contribution in [3.05, 3.63) is 53.1 Å². The molecule has 0 fully saturated rings. The summed E-state index contributed by atoms with van der Waals surface area (Å²) in [6.45, 7) is 0.996. The number of ether oxygens (including phenoxy) is 1. The lowest BCUT2D eigenvalue weighted by atomic mass is 10.2. The second kappa shape index (κ2) is 8.62. The minimum absolute atomic E-state index is 0.156. The van der Waals surface area contributed by atoms with E-state index in [0.717, 1.165) is 17.0 Å². The van der Waals surface area contributed by atoms with Crippen LogP contribution in [0.15, 0.2) is 36.4 Å². The minimum Gasteiger partial charge on any atom is -0.495 e. The van der Waals surface area contributed by atoms with E-state index in [1.54, 1.807) is 12.1 Å². The molecule has 0 atom stereocenters. The highest BCUT2D eigenvalue weighted by atomic mass is 35.5. The van der Waals surface area contributed by atoms with E-state index < -0.39 is 29.1 Å². The number of halogens is 3. The van der Waals surface area contributed by atoms with Crippen molar-refractivity contribution in [3.8, 4) is 5.75 Å². The molecule has 0 aliphatic carbocycles. The zero-order valence-corrected chi connectivity index (χ0v) is 14.9. The van der Waals surface area contributed by atoms with E-state index in [1.165, 1.54) is 26.2 Å². The van der Waals surface area contributed by atoms with Crippen LogP contribution in [0.1, 0.15) is 13.3 Å². The number of hydrogen-bond acceptors (Lipinski definition) is 3.